The van der Waals surface area contributed by atoms with Gasteiger partial charge in [-0.05, 0) is 37.9 Å². The largest absolute Gasteiger partial charge is 0.355 e. The molecule has 2 aromatic heterocycles. The number of anilines is 1. The van der Waals surface area contributed by atoms with Crippen LogP contribution in [-0.4, -0.2) is 28.5 Å². The van der Waals surface area contributed by atoms with E-state index in [9.17, 15) is 0 Å². The second kappa shape index (κ2) is 4.37. The van der Waals surface area contributed by atoms with Gasteiger partial charge >= 0.3 is 0 Å². The standard InChI is InChI=1S/C13H18N4/c14-7-2-9-16(11-5-6-11)13-4-1-3-12-15-8-10-17(12)13/h1,3-4,8,10-11H,2,5-7,9,14H2. The van der Waals surface area contributed by atoms with Crippen molar-refractivity contribution in [1.82, 2.24) is 9.38 Å². The van der Waals surface area contributed by atoms with Gasteiger partial charge in [0.25, 0.3) is 0 Å². The zero-order valence-electron chi connectivity index (χ0n) is 9.92. The lowest BCUT2D eigenvalue weighted by molar-refractivity contribution is 0.718. The Bertz CT molecular complexity index is 501. The predicted molar refractivity (Wildman–Crippen MR) is 69.2 cm³/mol. The van der Waals surface area contributed by atoms with E-state index < -0.39 is 0 Å². The minimum Gasteiger partial charge on any atom is -0.355 e. The molecule has 4 nitrogen and oxygen atoms in total. The molecule has 2 heterocycles. The van der Waals surface area contributed by atoms with Crippen molar-refractivity contribution in [2.24, 2.45) is 5.73 Å². The molecule has 1 saturated carbocycles. The maximum atomic E-state index is 5.62. The quantitative estimate of drug-likeness (QED) is 0.849. The number of hydrogen-bond donors (Lipinski definition) is 1. The zero-order valence-corrected chi connectivity index (χ0v) is 9.92. The second-order valence-electron chi connectivity index (χ2n) is 4.61. The fourth-order valence-electron chi connectivity index (χ4n) is 2.30. The topological polar surface area (TPSA) is 46.6 Å². The van der Waals surface area contributed by atoms with Gasteiger partial charge in [0.1, 0.15) is 11.5 Å². The van der Waals surface area contributed by atoms with Gasteiger partial charge in [-0.3, -0.25) is 4.40 Å². The molecule has 0 amide bonds. The monoisotopic (exact) mass is 230 g/mol. The van der Waals surface area contributed by atoms with Crippen LogP contribution in [-0.2, 0) is 0 Å². The number of nitrogens with zero attached hydrogens (tertiary/aromatic N) is 3. The molecule has 0 unspecified atom stereocenters. The maximum Gasteiger partial charge on any atom is 0.138 e. The fourth-order valence-corrected chi connectivity index (χ4v) is 2.30. The summed E-state index contributed by atoms with van der Waals surface area (Å²) in [6.07, 6.45) is 7.53. The van der Waals surface area contributed by atoms with Crippen LogP contribution in [0.4, 0.5) is 5.82 Å². The lowest BCUT2D eigenvalue weighted by Gasteiger charge is -2.25. The molecule has 0 bridgehead atoms. The molecule has 0 radical (unpaired) electrons. The number of imidazole rings is 1. The van der Waals surface area contributed by atoms with E-state index in [1.165, 1.54) is 18.7 Å². The molecule has 2 N–H and O–H groups in total. The van der Waals surface area contributed by atoms with Crippen molar-refractivity contribution in [1.29, 1.82) is 0 Å². The van der Waals surface area contributed by atoms with Gasteiger partial charge in [0.2, 0.25) is 0 Å². The summed E-state index contributed by atoms with van der Waals surface area (Å²) in [5, 5.41) is 0. The summed E-state index contributed by atoms with van der Waals surface area (Å²) in [5.41, 5.74) is 6.64. The first-order valence-corrected chi connectivity index (χ1v) is 6.29. The number of nitrogens with two attached hydrogens (primary N) is 1. The molecular weight excluding hydrogens is 212 g/mol. The van der Waals surface area contributed by atoms with E-state index in [1.54, 1.807) is 0 Å². The molecule has 17 heavy (non-hydrogen) atoms. The van der Waals surface area contributed by atoms with Crippen LogP contribution >= 0.6 is 0 Å². The first-order chi connectivity index (χ1) is 8.40. The van der Waals surface area contributed by atoms with Crippen LogP contribution in [0.3, 0.4) is 0 Å². The summed E-state index contributed by atoms with van der Waals surface area (Å²) in [6, 6.07) is 6.99. The van der Waals surface area contributed by atoms with Crippen molar-refractivity contribution in [3.8, 4) is 0 Å². The highest BCUT2D eigenvalue weighted by Gasteiger charge is 2.29. The van der Waals surface area contributed by atoms with Gasteiger partial charge in [-0.25, -0.2) is 4.98 Å². The first-order valence-electron chi connectivity index (χ1n) is 6.29. The Morgan fingerprint density at radius 3 is 3.06 bits per heavy atom. The smallest absolute Gasteiger partial charge is 0.138 e. The third kappa shape index (κ3) is 2.00. The number of hydrogen-bond acceptors (Lipinski definition) is 3. The van der Waals surface area contributed by atoms with E-state index in [0.717, 1.165) is 25.2 Å². The third-order valence-electron chi connectivity index (χ3n) is 3.29. The molecule has 0 aliphatic heterocycles. The van der Waals surface area contributed by atoms with Crippen molar-refractivity contribution in [3.05, 3.63) is 30.6 Å². The molecule has 1 aliphatic carbocycles. The SMILES string of the molecule is NCCCN(c1cccc2nccn12)C1CC1. The molecule has 2 aromatic rings. The normalized spacial score (nSPS) is 15.4. The van der Waals surface area contributed by atoms with Crippen molar-refractivity contribution < 1.29 is 0 Å². The van der Waals surface area contributed by atoms with Crippen LogP contribution in [0.15, 0.2) is 30.6 Å². The number of fused-ring (bicyclic) bond motifs is 1. The van der Waals surface area contributed by atoms with Crippen LogP contribution in [0, 0.1) is 0 Å². The average Bonchev–Trinajstić information content (AvgIpc) is 3.07. The Balaban J connectivity index is 1.96. The molecule has 0 spiro atoms. The molecule has 3 rings (SSSR count). The Hall–Kier alpha value is -1.55. The van der Waals surface area contributed by atoms with Crippen molar-refractivity contribution >= 4 is 11.5 Å². The van der Waals surface area contributed by atoms with Crippen molar-refractivity contribution in [3.63, 3.8) is 0 Å². The minimum atomic E-state index is 0.703. The van der Waals surface area contributed by atoms with Gasteiger partial charge < -0.3 is 10.6 Å². The van der Waals surface area contributed by atoms with Crippen LogP contribution in [0.1, 0.15) is 19.3 Å². The first kappa shape index (κ1) is 10.6. The Labute approximate surface area is 101 Å². The molecule has 0 aromatic carbocycles. The van der Waals surface area contributed by atoms with Gasteiger partial charge in [0.05, 0.1) is 0 Å². The van der Waals surface area contributed by atoms with E-state index in [1.807, 2.05) is 18.5 Å². The highest BCUT2D eigenvalue weighted by molar-refractivity contribution is 5.52. The summed E-state index contributed by atoms with van der Waals surface area (Å²) in [5.74, 6) is 1.25. The van der Waals surface area contributed by atoms with E-state index >= 15 is 0 Å². The molecule has 90 valence electrons. The summed E-state index contributed by atoms with van der Waals surface area (Å²) in [4.78, 5) is 6.81. The number of rotatable bonds is 5. The minimum absolute atomic E-state index is 0.703. The van der Waals surface area contributed by atoms with Crippen molar-refractivity contribution in [2.75, 3.05) is 18.0 Å². The highest BCUT2D eigenvalue weighted by atomic mass is 15.3. The summed E-state index contributed by atoms with van der Waals surface area (Å²) >= 11 is 0. The van der Waals surface area contributed by atoms with Crippen LogP contribution < -0.4 is 10.6 Å². The van der Waals surface area contributed by atoms with E-state index in [2.05, 4.69) is 26.4 Å². The third-order valence-corrected chi connectivity index (χ3v) is 3.29. The second-order valence-corrected chi connectivity index (χ2v) is 4.61. The Morgan fingerprint density at radius 1 is 1.41 bits per heavy atom. The van der Waals surface area contributed by atoms with Gasteiger partial charge in [-0.1, -0.05) is 6.07 Å². The van der Waals surface area contributed by atoms with Gasteiger partial charge in [-0.15, -0.1) is 0 Å². The molecule has 0 atom stereocenters. The van der Waals surface area contributed by atoms with Gasteiger partial charge in [0.15, 0.2) is 0 Å². The van der Waals surface area contributed by atoms with Crippen LogP contribution in [0.25, 0.3) is 5.65 Å². The summed E-state index contributed by atoms with van der Waals surface area (Å²) in [7, 11) is 0. The van der Waals surface area contributed by atoms with E-state index in [0.29, 0.717) is 6.04 Å². The highest BCUT2D eigenvalue weighted by Crippen LogP contribution is 2.31. The molecule has 4 heteroatoms. The fraction of sp³-hybridized carbons (Fsp3) is 0.462. The lowest BCUT2D eigenvalue weighted by Crippen LogP contribution is -2.29. The summed E-state index contributed by atoms with van der Waals surface area (Å²) < 4.78 is 2.16. The average molecular weight is 230 g/mol. The number of aromatic nitrogens is 2. The predicted octanol–water partition coefficient (Wildman–Crippen LogP) is 1.65. The van der Waals surface area contributed by atoms with E-state index in [-0.39, 0.29) is 0 Å². The molecular formula is C13H18N4. The van der Waals surface area contributed by atoms with E-state index in [4.69, 9.17) is 5.73 Å². The molecule has 1 aliphatic rings. The lowest BCUT2D eigenvalue weighted by atomic mass is 10.3. The summed E-state index contributed by atoms with van der Waals surface area (Å²) in [6.45, 7) is 1.79. The Morgan fingerprint density at radius 2 is 2.29 bits per heavy atom. The van der Waals surface area contributed by atoms with Gasteiger partial charge in [-0.2, -0.15) is 0 Å². The van der Waals surface area contributed by atoms with Crippen molar-refractivity contribution in [2.45, 2.75) is 25.3 Å². The van der Waals surface area contributed by atoms with Crippen LogP contribution in [0.5, 0.6) is 0 Å². The molecule has 1 fully saturated rings. The zero-order chi connectivity index (χ0) is 11.7. The Kier molecular flexibility index (Phi) is 2.73. The van der Waals surface area contributed by atoms with Gasteiger partial charge in [0, 0.05) is 25.0 Å². The van der Waals surface area contributed by atoms with Crippen LogP contribution in [0.2, 0.25) is 0 Å². The maximum absolute atomic E-state index is 5.62. The number of pyridine rings is 1. The molecule has 0 saturated heterocycles.